The van der Waals surface area contributed by atoms with Gasteiger partial charge in [0.15, 0.2) is 0 Å². The molecule has 0 atom stereocenters. The molecule has 0 unspecified atom stereocenters. The number of hydrogen-bond acceptors (Lipinski definition) is 2. The predicted octanol–water partition coefficient (Wildman–Crippen LogP) is 3.74. The summed E-state index contributed by atoms with van der Waals surface area (Å²) in [5.41, 5.74) is 3.78. The van der Waals surface area contributed by atoms with E-state index in [9.17, 15) is 0 Å². The predicted molar refractivity (Wildman–Crippen MR) is 71.1 cm³/mol. The lowest BCUT2D eigenvalue weighted by Gasteiger charge is -2.18. The molecule has 0 spiro atoms. The Kier molecular flexibility index (Phi) is 2.52. The van der Waals surface area contributed by atoms with Gasteiger partial charge in [-0.2, -0.15) is 0 Å². The lowest BCUT2D eigenvalue weighted by atomic mass is 10.2. The monoisotopic (exact) mass is 244 g/mol. The van der Waals surface area contributed by atoms with Crippen LogP contribution in [0.4, 0.5) is 11.5 Å². The van der Waals surface area contributed by atoms with Gasteiger partial charge in [-0.3, -0.25) is 0 Å². The zero-order valence-electron chi connectivity index (χ0n) is 9.65. The van der Waals surface area contributed by atoms with E-state index in [1.807, 2.05) is 13.0 Å². The second kappa shape index (κ2) is 4.04. The molecule has 2 nitrogen and oxygen atoms in total. The van der Waals surface area contributed by atoms with Gasteiger partial charge in [0, 0.05) is 12.2 Å². The van der Waals surface area contributed by atoms with Crippen LogP contribution in [0.2, 0.25) is 5.15 Å². The van der Waals surface area contributed by atoms with Crippen LogP contribution < -0.4 is 4.90 Å². The fourth-order valence-electron chi connectivity index (χ4n) is 2.32. The Morgan fingerprint density at radius 2 is 2.06 bits per heavy atom. The molecule has 2 aromatic rings. The Morgan fingerprint density at radius 1 is 1.24 bits per heavy atom. The molecule has 1 aliphatic heterocycles. The van der Waals surface area contributed by atoms with Crippen molar-refractivity contribution in [2.45, 2.75) is 13.3 Å². The Morgan fingerprint density at radius 3 is 2.88 bits per heavy atom. The van der Waals surface area contributed by atoms with Crippen molar-refractivity contribution in [1.82, 2.24) is 4.98 Å². The van der Waals surface area contributed by atoms with Gasteiger partial charge in [0.2, 0.25) is 0 Å². The number of pyridine rings is 1. The average Bonchev–Trinajstić information content (AvgIpc) is 2.71. The van der Waals surface area contributed by atoms with Crippen molar-refractivity contribution in [2.24, 2.45) is 0 Å². The van der Waals surface area contributed by atoms with Crippen LogP contribution in [0.25, 0.3) is 0 Å². The quantitative estimate of drug-likeness (QED) is 0.711. The van der Waals surface area contributed by atoms with E-state index < -0.39 is 0 Å². The average molecular weight is 245 g/mol. The van der Waals surface area contributed by atoms with Gasteiger partial charge in [-0.15, -0.1) is 0 Å². The van der Waals surface area contributed by atoms with E-state index in [1.165, 1.54) is 11.3 Å². The maximum Gasteiger partial charge on any atom is 0.135 e. The molecule has 0 amide bonds. The summed E-state index contributed by atoms with van der Waals surface area (Å²) in [6.45, 7) is 3.02. The Labute approximate surface area is 106 Å². The van der Waals surface area contributed by atoms with Gasteiger partial charge in [0.1, 0.15) is 11.0 Å². The summed E-state index contributed by atoms with van der Waals surface area (Å²) in [5, 5.41) is 0.560. The normalized spacial score (nSPS) is 13.9. The van der Waals surface area contributed by atoms with Gasteiger partial charge in [-0.05, 0) is 42.7 Å². The highest BCUT2D eigenvalue weighted by Crippen LogP contribution is 2.33. The molecule has 86 valence electrons. The number of fused-ring (bicyclic) bond motifs is 1. The standard InChI is InChI=1S/C14H13ClN2/c1-10-8-13(15)16-14(9-10)17-7-6-11-4-2-3-5-12(11)17/h2-5,8-9H,6-7H2,1H3. The van der Waals surface area contributed by atoms with Crippen LogP contribution >= 0.6 is 11.6 Å². The third-order valence-corrected chi connectivity index (χ3v) is 3.28. The zero-order chi connectivity index (χ0) is 11.8. The van der Waals surface area contributed by atoms with Crippen molar-refractivity contribution in [3.05, 3.63) is 52.7 Å². The number of anilines is 2. The summed E-state index contributed by atoms with van der Waals surface area (Å²) in [6, 6.07) is 12.4. The zero-order valence-corrected chi connectivity index (χ0v) is 10.4. The highest BCUT2D eigenvalue weighted by atomic mass is 35.5. The minimum absolute atomic E-state index is 0.560. The summed E-state index contributed by atoms with van der Waals surface area (Å²) in [6.07, 6.45) is 1.07. The maximum absolute atomic E-state index is 6.02. The first-order chi connectivity index (χ1) is 8.24. The Hall–Kier alpha value is -1.54. The van der Waals surface area contributed by atoms with Gasteiger partial charge >= 0.3 is 0 Å². The van der Waals surface area contributed by atoms with E-state index in [4.69, 9.17) is 11.6 Å². The molecule has 0 saturated heterocycles. The lowest BCUT2D eigenvalue weighted by molar-refractivity contribution is 0.972. The molecule has 0 aliphatic carbocycles. The van der Waals surface area contributed by atoms with E-state index in [-0.39, 0.29) is 0 Å². The van der Waals surface area contributed by atoms with Crippen molar-refractivity contribution in [1.29, 1.82) is 0 Å². The number of aromatic nitrogens is 1. The largest absolute Gasteiger partial charge is 0.326 e. The molecule has 0 fully saturated rings. The number of hydrogen-bond donors (Lipinski definition) is 0. The number of aryl methyl sites for hydroxylation is 1. The van der Waals surface area contributed by atoms with E-state index in [0.717, 1.165) is 24.3 Å². The van der Waals surface area contributed by atoms with Crippen molar-refractivity contribution in [3.63, 3.8) is 0 Å². The van der Waals surface area contributed by atoms with Gasteiger partial charge in [-0.1, -0.05) is 29.8 Å². The third-order valence-electron chi connectivity index (χ3n) is 3.09. The summed E-state index contributed by atoms with van der Waals surface area (Å²) in [4.78, 5) is 6.64. The number of para-hydroxylation sites is 1. The van der Waals surface area contributed by atoms with Crippen LogP contribution in [-0.2, 0) is 6.42 Å². The number of benzene rings is 1. The Balaban J connectivity index is 2.06. The van der Waals surface area contributed by atoms with Crippen LogP contribution in [0.3, 0.4) is 0 Å². The molecule has 0 N–H and O–H groups in total. The van der Waals surface area contributed by atoms with Crippen molar-refractivity contribution in [3.8, 4) is 0 Å². The molecule has 0 radical (unpaired) electrons. The Bertz CT molecular complexity index is 546. The van der Waals surface area contributed by atoms with Crippen LogP contribution in [0.15, 0.2) is 36.4 Å². The van der Waals surface area contributed by atoms with Crippen LogP contribution in [0, 0.1) is 6.92 Å². The third kappa shape index (κ3) is 1.89. The SMILES string of the molecule is Cc1cc(Cl)nc(N2CCc3ccccc32)c1. The highest BCUT2D eigenvalue weighted by molar-refractivity contribution is 6.29. The van der Waals surface area contributed by atoms with E-state index in [0.29, 0.717) is 5.15 Å². The number of halogens is 1. The molecule has 0 bridgehead atoms. The van der Waals surface area contributed by atoms with Gasteiger partial charge in [-0.25, -0.2) is 4.98 Å². The van der Waals surface area contributed by atoms with Crippen LogP contribution in [0.5, 0.6) is 0 Å². The van der Waals surface area contributed by atoms with Crippen molar-refractivity contribution >= 4 is 23.1 Å². The fraction of sp³-hybridized carbons (Fsp3) is 0.214. The minimum atomic E-state index is 0.560. The first-order valence-electron chi connectivity index (χ1n) is 5.74. The summed E-state index contributed by atoms with van der Waals surface area (Å²) >= 11 is 6.02. The summed E-state index contributed by atoms with van der Waals surface area (Å²) in [5.74, 6) is 0.944. The van der Waals surface area contributed by atoms with Gasteiger partial charge < -0.3 is 4.90 Å². The second-order valence-electron chi connectivity index (χ2n) is 4.36. The molecule has 3 heteroatoms. The molecule has 1 aromatic heterocycles. The van der Waals surface area contributed by atoms with Crippen LogP contribution in [-0.4, -0.2) is 11.5 Å². The number of rotatable bonds is 1. The molecular formula is C14H13ClN2. The minimum Gasteiger partial charge on any atom is -0.326 e. The van der Waals surface area contributed by atoms with Crippen molar-refractivity contribution in [2.75, 3.05) is 11.4 Å². The maximum atomic E-state index is 6.02. The molecule has 1 aromatic carbocycles. The van der Waals surface area contributed by atoms with E-state index in [2.05, 4.69) is 40.2 Å². The smallest absolute Gasteiger partial charge is 0.135 e. The summed E-state index contributed by atoms with van der Waals surface area (Å²) < 4.78 is 0. The van der Waals surface area contributed by atoms with Gasteiger partial charge in [0.05, 0.1) is 0 Å². The topological polar surface area (TPSA) is 16.1 Å². The van der Waals surface area contributed by atoms with Gasteiger partial charge in [0.25, 0.3) is 0 Å². The summed E-state index contributed by atoms with van der Waals surface area (Å²) in [7, 11) is 0. The molecule has 1 aliphatic rings. The van der Waals surface area contributed by atoms with E-state index >= 15 is 0 Å². The second-order valence-corrected chi connectivity index (χ2v) is 4.74. The first-order valence-corrected chi connectivity index (χ1v) is 6.11. The van der Waals surface area contributed by atoms with Crippen LogP contribution in [0.1, 0.15) is 11.1 Å². The van der Waals surface area contributed by atoms with E-state index in [1.54, 1.807) is 0 Å². The number of nitrogens with zero attached hydrogens (tertiary/aromatic N) is 2. The molecule has 2 heterocycles. The van der Waals surface area contributed by atoms with Crippen molar-refractivity contribution < 1.29 is 0 Å². The highest BCUT2D eigenvalue weighted by Gasteiger charge is 2.20. The molecule has 17 heavy (non-hydrogen) atoms. The lowest BCUT2D eigenvalue weighted by Crippen LogP contribution is -2.14. The molecular weight excluding hydrogens is 232 g/mol. The fourth-order valence-corrected chi connectivity index (χ4v) is 2.58. The molecule has 3 rings (SSSR count). The molecule has 0 saturated carbocycles. The first kappa shape index (κ1) is 10.6.